The summed E-state index contributed by atoms with van der Waals surface area (Å²) in [5, 5.41) is 3.32. The smallest absolute Gasteiger partial charge is 0.225 e. The lowest BCUT2D eigenvalue weighted by Gasteiger charge is -2.26. The molecular weight excluding hydrogens is 300 g/mol. The SMILES string of the molecule is COc1ccc(C2CCN(C(=O)C3CCNCC3)C2)cc1.Cl. The molecule has 1 amide bonds. The molecule has 0 aliphatic carbocycles. The van der Waals surface area contributed by atoms with Gasteiger partial charge < -0.3 is 15.0 Å². The van der Waals surface area contributed by atoms with Crippen molar-refractivity contribution in [3.8, 4) is 5.75 Å². The van der Waals surface area contributed by atoms with Crippen LogP contribution in [0.2, 0.25) is 0 Å². The number of rotatable bonds is 3. The summed E-state index contributed by atoms with van der Waals surface area (Å²) >= 11 is 0. The van der Waals surface area contributed by atoms with Crippen molar-refractivity contribution in [2.24, 2.45) is 5.92 Å². The molecule has 0 bridgehead atoms. The van der Waals surface area contributed by atoms with Gasteiger partial charge in [-0.15, -0.1) is 12.4 Å². The summed E-state index contributed by atoms with van der Waals surface area (Å²) < 4.78 is 5.20. The minimum Gasteiger partial charge on any atom is -0.497 e. The lowest BCUT2D eigenvalue weighted by molar-refractivity contribution is -0.135. The van der Waals surface area contributed by atoms with Crippen molar-refractivity contribution in [2.75, 3.05) is 33.3 Å². The first kappa shape index (κ1) is 17.1. The number of carbonyl (C=O) groups excluding carboxylic acids is 1. The van der Waals surface area contributed by atoms with Crippen molar-refractivity contribution in [3.63, 3.8) is 0 Å². The van der Waals surface area contributed by atoms with Crippen LogP contribution in [-0.2, 0) is 4.79 Å². The van der Waals surface area contributed by atoms with E-state index in [-0.39, 0.29) is 18.3 Å². The van der Waals surface area contributed by atoms with Crippen molar-refractivity contribution < 1.29 is 9.53 Å². The Bertz CT molecular complexity index is 486. The molecule has 2 heterocycles. The molecule has 1 aromatic rings. The number of carbonyl (C=O) groups is 1. The molecule has 3 rings (SSSR count). The molecule has 2 saturated heterocycles. The second-order valence-electron chi connectivity index (χ2n) is 6.07. The minimum absolute atomic E-state index is 0. The monoisotopic (exact) mass is 324 g/mol. The van der Waals surface area contributed by atoms with Gasteiger partial charge in [0.15, 0.2) is 0 Å². The fraction of sp³-hybridized carbons (Fsp3) is 0.588. The summed E-state index contributed by atoms with van der Waals surface area (Å²) in [6.45, 7) is 3.73. The number of ether oxygens (including phenoxy) is 1. The van der Waals surface area contributed by atoms with E-state index >= 15 is 0 Å². The highest BCUT2D eigenvalue weighted by Crippen LogP contribution is 2.30. The van der Waals surface area contributed by atoms with E-state index in [1.807, 2.05) is 12.1 Å². The van der Waals surface area contributed by atoms with E-state index in [2.05, 4.69) is 22.3 Å². The fourth-order valence-electron chi connectivity index (χ4n) is 3.44. The van der Waals surface area contributed by atoms with Crippen molar-refractivity contribution in [1.82, 2.24) is 10.2 Å². The Morgan fingerprint density at radius 3 is 2.50 bits per heavy atom. The van der Waals surface area contributed by atoms with Crippen LogP contribution in [0.1, 0.15) is 30.7 Å². The highest BCUT2D eigenvalue weighted by atomic mass is 35.5. The number of hydrogen-bond acceptors (Lipinski definition) is 3. The van der Waals surface area contributed by atoms with Gasteiger partial charge in [0.25, 0.3) is 0 Å². The van der Waals surface area contributed by atoms with Gasteiger partial charge in [-0.25, -0.2) is 0 Å². The average molecular weight is 325 g/mol. The fourth-order valence-corrected chi connectivity index (χ4v) is 3.44. The van der Waals surface area contributed by atoms with Crippen LogP contribution in [-0.4, -0.2) is 44.1 Å². The summed E-state index contributed by atoms with van der Waals surface area (Å²) in [6, 6.07) is 8.27. The summed E-state index contributed by atoms with van der Waals surface area (Å²) in [5.41, 5.74) is 1.32. The molecule has 122 valence electrons. The van der Waals surface area contributed by atoms with Gasteiger partial charge in [0.05, 0.1) is 7.11 Å². The van der Waals surface area contributed by atoms with Crippen LogP contribution in [0.5, 0.6) is 5.75 Å². The van der Waals surface area contributed by atoms with Crippen LogP contribution < -0.4 is 10.1 Å². The summed E-state index contributed by atoms with van der Waals surface area (Å²) in [7, 11) is 1.68. The van der Waals surface area contributed by atoms with Crippen molar-refractivity contribution >= 4 is 18.3 Å². The van der Waals surface area contributed by atoms with Gasteiger partial charge in [-0.05, 0) is 50.0 Å². The van der Waals surface area contributed by atoms with Gasteiger partial charge in [-0.2, -0.15) is 0 Å². The zero-order valence-corrected chi connectivity index (χ0v) is 13.9. The summed E-state index contributed by atoms with van der Waals surface area (Å²) in [6.07, 6.45) is 3.05. The Labute approximate surface area is 138 Å². The van der Waals surface area contributed by atoms with E-state index in [4.69, 9.17) is 4.74 Å². The molecule has 1 aromatic carbocycles. The maximum Gasteiger partial charge on any atom is 0.225 e. The van der Waals surface area contributed by atoms with Crippen molar-refractivity contribution in [3.05, 3.63) is 29.8 Å². The number of nitrogens with zero attached hydrogens (tertiary/aromatic N) is 1. The van der Waals surface area contributed by atoms with Gasteiger partial charge in [-0.3, -0.25) is 4.79 Å². The first-order valence-corrected chi connectivity index (χ1v) is 7.91. The van der Waals surface area contributed by atoms with Crippen molar-refractivity contribution in [2.45, 2.75) is 25.2 Å². The second kappa shape index (κ2) is 7.84. The van der Waals surface area contributed by atoms with Gasteiger partial charge in [0, 0.05) is 24.9 Å². The molecular formula is C17H25ClN2O2. The largest absolute Gasteiger partial charge is 0.497 e. The predicted molar refractivity (Wildman–Crippen MR) is 89.8 cm³/mol. The third kappa shape index (κ3) is 3.73. The molecule has 5 heteroatoms. The van der Waals surface area contributed by atoms with Gasteiger partial charge in [0.2, 0.25) is 5.91 Å². The summed E-state index contributed by atoms with van der Waals surface area (Å²) in [4.78, 5) is 14.6. The average Bonchev–Trinajstić information content (AvgIpc) is 3.05. The Morgan fingerprint density at radius 2 is 1.86 bits per heavy atom. The number of benzene rings is 1. The molecule has 2 fully saturated rings. The molecule has 1 N–H and O–H groups in total. The Morgan fingerprint density at radius 1 is 1.18 bits per heavy atom. The van der Waals surface area contributed by atoms with Crippen LogP contribution in [0.4, 0.5) is 0 Å². The maximum absolute atomic E-state index is 12.6. The number of hydrogen-bond donors (Lipinski definition) is 1. The number of amides is 1. The van der Waals surface area contributed by atoms with Crippen LogP contribution in [0, 0.1) is 5.92 Å². The molecule has 2 aliphatic rings. The molecule has 1 unspecified atom stereocenters. The molecule has 0 radical (unpaired) electrons. The van der Waals surface area contributed by atoms with Gasteiger partial charge >= 0.3 is 0 Å². The van der Waals surface area contributed by atoms with Crippen LogP contribution in [0.3, 0.4) is 0 Å². The topological polar surface area (TPSA) is 41.6 Å². The molecule has 22 heavy (non-hydrogen) atoms. The Hall–Kier alpha value is -1.26. The number of halogens is 1. The second-order valence-corrected chi connectivity index (χ2v) is 6.07. The van der Waals surface area contributed by atoms with Gasteiger partial charge in [-0.1, -0.05) is 12.1 Å². The normalized spacial score (nSPS) is 22.2. The zero-order valence-electron chi connectivity index (χ0n) is 13.1. The standard InChI is InChI=1S/C17H24N2O2.ClH/c1-21-16-4-2-13(3-5-16)15-8-11-19(12-15)17(20)14-6-9-18-10-7-14;/h2-5,14-15,18H,6-12H2,1H3;1H. The Balaban J connectivity index is 0.00000176. The highest BCUT2D eigenvalue weighted by molar-refractivity contribution is 5.85. The lowest BCUT2D eigenvalue weighted by Crippen LogP contribution is -2.39. The Kier molecular flexibility index (Phi) is 6.09. The molecule has 0 spiro atoms. The maximum atomic E-state index is 12.6. The van der Waals surface area contributed by atoms with E-state index < -0.39 is 0 Å². The summed E-state index contributed by atoms with van der Waals surface area (Å²) in [5.74, 6) is 1.97. The third-order valence-electron chi connectivity index (χ3n) is 4.78. The predicted octanol–water partition coefficient (Wildman–Crippen LogP) is 2.43. The van der Waals surface area contributed by atoms with E-state index in [1.165, 1.54) is 5.56 Å². The van der Waals surface area contributed by atoms with E-state index in [9.17, 15) is 4.79 Å². The molecule has 0 saturated carbocycles. The van der Waals surface area contributed by atoms with Crippen molar-refractivity contribution in [1.29, 1.82) is 0 Å². The number of piperidine rings is 1. The molecule has 4 nitrogen and oxygen atoms in total. The quantitative estimate of drug-likeness (QED) is 0.928. The first-order chi connectivity index (χ1) is 10.3. The zero-order chi connectivity index (χ0) is 14.7. The van der Waals surface area contributed by atoms with E-state index in [0.29, 0.717) is 11.8 Å². The van der Waals surface area contributed by atoms with Crippen LogP contribution in [0.25, 0.3) is 0 Å². The number of likely N-dealkylation sites (tertiary alicyclic amines) is 1. The van der Waals surface area contributed by atoms with Crippen LogP contribution in [0.15, 0.2) is 24.3 Å². The molecule has 1 atom stereocenters. The first-order valence-electron chi connectivity index (χ1n) is 7.91. The van der Waals surface area contributed by atoms with E-state index in [0.717, 1.165) is 51.2 Å². The van der Waals surface area contributed by atoms with E-state index in [1.54, 1.807) is 7.11 Å². The molecule has 2 aliphatic heterocycles. The number of methoxy groups -OCH3 is 1. The lowest BCUT2D eigenvalue weighted by atomic mass is 9.96. The highest BCUT2D eigenvalue weighted by Gasteiger charge is 2.31. The third-order valence-corrected chi connectivity index (χ3v) is 4.78. The van der Waals surface area contributed by atoms with Crippen LogP contribution >= 0.6 is 12.4 Å². The minimum atomic E-state index is 0. The number of nitrogens with one attached hydrogen (secondary N) is 1. The van der Waals surface area contributed by atoms with Gasteiger partial charge in [0.1, 0.15) is 5.75 Å². The molecule has 0 aromatic heterocycles.